The van der Waals surface area contributed by atoms with Crippen molar-refractivity contribution in [1.29, 1.82) is 0 Å². The van der Waals surface area contributed by atoms with E-state index in [1.807, 2.05) is 29.1 Å². The molecule has 0 saturated heterocycles. The van der Waals surface area contributed by atoms with Crippen molar-refractivity contribution in [2.75, 3.05) is 5.73 Å². The first-order valence-corrected chi connectivity index (χ1v) is 6.52. The van der Waals surface area contributed by atoms with Crippen LogP contribution in [0.5, 0.6) is 0 Å². The Morgan fingerprint density at radius 3 is 2.74 bits per heavy atom. The normalized spacial score (nSPS) is 11.5. The van der Waals surface area contributed by atoms with E-state index in [1.54, 1.807) is 0 Å². The first-order valence-electron chi connectivity index (χ1n) is 6.52. The average Bonchev–Trinajstić information content (AvgIpc) is 2.98. The summed E-state index contributed by atoms with van der Waals surface area (Å²) in [6.07, 6.45) is 4.11. The minimum absolute atomic E-state index is 0.394. The largest absolute Gasteiger partial charge is 0.399 e. The first-order chi connectivity index (χ1) is 9.13. The first kappa shape index (κ1) is 11.8. The number of aromatic nitrogens is 3. The minimum atomic E-state index is 0.394. The van der Waals surface area contributed by atoms with Gasteiger partial charge in [0, 0.05) is 24.1 Å². The molecule has 3 aromatic rings. The molecule has 0 aliphatic rings. The smallest absolute Gasteiger partial charge is 0.0821 e. The highest BCUT2D eigenvalue weighted by Gasteiger charge is 2.05. The number of hydrogen-bond acceptors (Lipinski definition) is 2. The molecular formula is C15H18N4. The topological polar surface area (TPSA) is 48.8 Å². The lowest BCUT2D eigenvalue weighted by Crippen LogP contribution is -2.04. The molecule has 0 atom stereocenters. The molecule has 0 spiro atoms. The third kappa shape index (κ3) is 2.21. The molecule has 0 saturated carbocycles. The summed E-state index contributed by atoms with van der Waals surface area (Å²) in [5.74, 6) is 0. The summed E-state index contributed by atoms with van der Waals surface area (Å²) >= 11 is 0. The van der Waals surface area contributed by atoms with Gasteiger partial charge in [0.1, 0.15) is 0 Å². The van der Waals surface area contributed by atoms with E-state index in [2.05, 4.69) is 41.8 Å². The SMILES string of the molecule is CC(C)n1ccc(Cn2ccc3ccc(N)cc32)n1. The third-order valence-electron chi connectivity index (χ3n) is 3.32. The van der Waals surface area contributed by atoms with E-state index in [-0.39, 0.29) is 0 Å². The van der Waals surface area contributed by atoms with Crippen molar-refractivity contribution in [3.05, 3.63) is 48.4 Å². The van der Waals surface area contributed by atoms with Crippen molar-refractivity contribution >= 4 is 16.6 Å². The maximum absolute atomic E-state index is 5.86. The molecule has 19 heavy (non-hydrogen) atoms. The number of rotatable bonds is 3. The van der Waals surface area contributed by atoms with E-state index in [0.29, 0.717) is 6.04 Å². The van der Waals surface area contributed by atoms with Crippen molar-refractivity contribution in [3.8, 4) is 0 Å². The van der Waals surface area contributed by atoms with Crippen LogP contribution in [-0.2, 0) is 6.54 Å². The molecule has 0 bridgehead atoms. The van der Waals surface area contributed by atoms with E-state index in [9.17, 15) is 0 Å². The summed E-state index contributed by atoms with van der Waals surface area (Å²) < 4.78 is 4.16. The number of nitrogen functional groups attached to an aromatic ring is 1. The van der Waals surface area contributed by atoms with Gasteiger partial charge in [-0.3, -0.25) is 4.68 Å². The van der Waals surface area contributed by atoms with Crippen LogP contribution in [0.2, 0.25) is 0 Å². The molecule has 3 rings (SSSR count). The van der Waals surface area contributed by atoms with Crippen molar-refractivity contribution in [1.82, 2.24) is 14.3 Å². The Morgan fingerprint density at radius 2 is 2.00 bits per heavy atom. The van der Waals surface area contributed by atoms with E-state index < -0.39 is 0 Å². The third-order valence-corrected chi connectivity index (χ3v) is 3.32. The summed E-state index contributed by atoms with van der Waals surface area (Å²) in [6.45, 7) is 5.03. The highest BCUT2D eigenvalue weighted by molar-refractivity contribution is 5.83. The maximum atomic E-state index is 5.86. The van der Waals surface area contributed by atoms with E-state index >= 15 is 0 Å². The van der Waals surface area contributed by atoms with Gasteiger partial charge in [0.25, 0.3) is 0 Å². The molecule has 0 aliphatic carbocycles. The zero-order valence-corrected chi connectivity index (χ0v) is 11.2. The Labute approximate surface area is 112 Å². The van der Waals surface area contributed by atoms with Crippen LogP contribution in [0.25, 0.3) is 10.9 Å². The number of nitrogens with zero attached hydrogens (tertiary/aromatic N) is 3. The quantitative estimate of drug-likeness (QED) is 0.730. The predicted molar refractivity (Wildman–Crippen MR) is 78.1 cm³/mol. The molecule has 1 aromatic carbocycles. The predicted octanol–water partition coefficient (Wildman–Crippen LogP) is 3.05. The summed E-state index contributed by atoms with van der Waals surface area (Å²) in [5.41, 5.74) is 8.86. The number of hydrogen-bond donors (Lipinski definition) is 1. The molecule has 98 valence electrons. The van der Waals surface area contributed by atoms with Crippen LogP contribution in [0.3, 0.4) is 0 Å². The molecule has 2 heterocycles. The highest BCUT2D eigenvalue weighted by atomic mass is 15.3. The highest BCUT2D eigenvalue weighted by Crippen LogP contribution is 2.19. The maximum Gasteiger partial charge on any atom is 0.0821 e. The van der Waals surface area contributed by atoms with Crippen LogP contribution < -0.4 is 5.73 Å². The van der Waals surface area contributed by atoms with E-state index in [4.69, 9.17) is 5.73 Å². The second-order valence-corrected chi connectivity index (χ2v) is 5.14. The van der Waals surface area contributed by atoms with Gasteiger partial charge in [-0.05, 0) is 43.5 Å². The van der Waals surface area contributed by atoms with Crippen molar-refractivity contribution < 1.29 is 0 Å². The zero-order chi connectivity index (χ0) is 13.4. The molecule has 2 aromatic heterocycles. The van der Waals surface area contributed by atoms with Crippen LogP contribution >= 0.6 is 0 Å². The fraction of sp³-hybridized carbons (Fsp3) is 0.267. The lowest BCUT2D eigenvalue weighted by Gasteiger charge is -2.05. The molecule has 2 N–H and O–H groups in total. The Bertz CT molecular complexity index is 706. The van der Waals surface area contributed by atoms with Crippen LogP contribution in [0, 0.1) is 0 Å². The second kappa shape index (κ2) is 4.46. The Morgan fingerprint density at radius 1 is 1.16 bits per heavy atom. The lowest BCUT2D eigenvalue weighted by atomic mass is 10.2. The van der Waals surface area contributed by atoms with E-state index in [1.165, 1.54) is 5.39 Å². The van der Waals surface area contributed by atoms with Crippen LogP contribution in [-0.4, -0.2) is 14.3 Å². The van der Waals surface area contributed by atoms with Gasteiger partial charge in [-0.2, -0.15) is 5.10 Å². The van der Waals surface area contributed by atoms with Gasteiger partial charge in [0.2, 0.25) is 0 Å². The number of benzene rings is 1. The summed E-state index contributed by atoms with van der Waals surface area (Å²) in [4.78, 5) is 0. The van der Waals surface area contributed by atoms with E-state index in [0.717, 1.165) is 23.4 Å². The number of anilines is 1. The number of nitrogens with two attached hydrogens (primary N) is 1. The van der Waals surface area contributed by atoms with Crippen molar-refractivity contribution in [2.45, 2.75) is 26.4 Å². The molecule has 0 radical (unpaired) electrons. The van der Waals surface area contributed by atoms with Crippen molar-refractivity contribution in [2.24, 2.45) is 0 Å². The summed E-state index contributed by atoms with van der Waals surface area (Å²) in [6, 6.07) is 10.6. The van der Waals surface area contributed by atoms with Gasteiger partial charge in [0.15, 0.2) is 0 Å². The van der Waals surface area contributed by atoms with Crippen LogP contribution in [0.1, 0.15) is 25.6 Å². The Balaban J connectivity index is 1.94. The molecule has 4 heteroatoms. The van der Waals surface area contributed by atoms with Crippen LogP contribution in [0.15, 0.2) is 42.7 Å². The van der Waals surface area contributed by atoms with Gasteiger partial charge in [-0.15, -0.1) is 0 Å². The Kier molecular flexibility index (Phi) is 2.78. The van der Waals surface area contributed by atoms with Gasteiger partial charge >= 0.3 is 0 Å². The van der Waals surface area contributed by atoms with Gasteiger partial charge in [0.05, 0.1) is 17.8 Å². The standard InChI is InChI=1S/C15H18N4/c1-11(2)19-8-6-14(17-19)10-18-7-5-12-3-4-13(16)9-15(12)18/h3-9,11H,10,16H2,1-2H3. The lowest BCUT2D eigenvalue weighted by molar-refractivity contribution is 0.524. The molecular weight excluding hydrogens is 236 g/mol. The Hall–Kier alpha value is -2.23. The van der Waals surface area contributed by atoms with Gasteiger partial charge in [-0.25, -0.2) is 0 Å². The van der Waals surface area contributed by atoms with Crippen molar-refractivity contribution in [3.63, 3.8) is 0 Å². The van der Waals surface area contributed by atoms with Gasteiger partial charge in [-0.1, -0.05) is 6.07 Å². The fourth-order valence-corrected chi connectivity index (χ4v) is 2.26. The number of fused-ring (bicyclic) bond motifs is 1. The summed E-state index contributed by atoms with van der Waals surface area (Å²) in [5, 5.41) is 5.78. The molecule has 0 fully saturated rings. The average molecular weight is 254 g/mol. The van der Waals surface area contributed by atoms with Crippen LogP contribution in [0.4, 0.5) is 5.69 Å². The summed E-state index contributed by atoms with van der Waals surface area (Å²) in [7, 11) is 0. The minimum Gasteiger partial charge on any atom is -0.399 e. The fourth-order valence-electron chi connectivity index (χ4n) is 2.26. The molecule has 4 nitrogen and oxygen atoms in total. The monoisotopic (exact) mass is 254 g/mol. The molecule has 0 amide bonds. The second-order valence-electron chi connectivity index (χ2n) is 5.14. The zero-order valence-electron chi connectivity index (χ0n) is 11.2. The van der Waals surface area contributed by atoms with Gasteiger partial charge < -0.3 is 10.3 Å². The molecule has 0 unspecified atom stereocenters. The molecule has 0 aliphatic heterocycles.